The Labute approximate surface area is 192 Å². The molecule has 2 aromatic heterocycles. The van der Waals surface area contributed by atoms with E-state index in [0.717, 1.165) is 0 Å². The van der Waals surface area contributed by atoms with Gasteiger partial charge < -0.3 is 32.5 Å². The first-order chi connectivity index (χ1) is 16.3. The third-order valence-electron chi connectivity index (χ3n) is 4.67. The predicted octanol–water partition coefficient (Wildman–Crippen LogP) is -1.10. The molecule has 0 bridgehead atoms. The van der Waals surface area contributed by atoms with Crippen LogP contribution in [0.2, 0.25) is 0 Å². The van der Waals surface area contributed by atoms with Gasteiger partial charge in [-0.1, -0.05) is 0 Å². The Morgan fingerprint density at radius 1 is 1.15 bits per heavy atom. The molecule has 0 aliphatic rings. The van der Waals surface area contributed by atoms with Crippen LogP contribution in [0.3, 0.4) is 0 Å². The zero-order valence-electron chi connectivity index (χ0n) is 17.9. The zero-order chi connectivity index (χ0) is 24.7. The lowest BCUT2D eigenvalue weighted by molar-refractivity contribution is -0.139. The van der Waals surface area contributed by atoms with Gasteiger partial charge in [-0.2, -0.15) is 4.98 Å². The SMILES string of the molecule is NCNC(=O)CCC(NC(=O)c1ccc(NCc2cnc3nc(N)[nH]c(=O)c3n2)cc1)C(=O)O. The van der Waals surface area contributed by atoms with Crippen LogP contribution in [-0.2, 0) is 16.1 Å². The lowest BCUT2D eigenvalue weighted by atomic mass is 10.1. The predicted molar refractivity (Wildman–Crippen MR) is 121 cm³/mol. The average Bonchev–Trinajstić information content (AvgIpc) is 2.80. The maximum atomic E-state index is 12.4. The molecular formula is C20H23N9O5. The summed E-state index contributed by atoms with van der Waals surface area (Å²) < 4.78 is 0. The van der Waals surface area contributed by atoms with E-state index in [1.165, 1.54) is 18.3 Å². The number of hydrogen-bond donors (Lipinski definition) is 7. The van der Waals surface area contributed by atoms with E-state index in [1.54, 1.807) is 12.1 Å². The number of nitrogens with one attached hydrogen (secondary N) is 4. The van der Waals surface area contributed by atoms with Crippen LogP contribution in [-0.4, -0.2) is 55.5 Å². The number of carbonyl (C=O) groups is 3. The maximum Gasteiger partial charge on any atom is 0.326 e. The molecule has 0 radical (unpaired) electrons. The van der Waals surface area contributed by atoms with Gasteiger partial charge in [0.2, 0.25) is 11.9 Å². The van der Waals surface area contributed by atoms with Crippen molar-refractivity contribution in [3.63, 3.8) is 0 Å². The van der Waals surface area contributed by atoms with Crippen molar-refractivity contribution >= 4 is 40.6 Å². The molecule has 0 fully saturated rings. The monoisotopic (exact) mass is 469 g/mol. The number of carboxylic acid groups (broad SMARTS) is 1. The van der Waals surface area contributed by atoms with Gasteiger partial charge in [0.15, 0.2) is 11.2 Å². The van der Waals surface area contributed by atoms with Crippen LogP contribution in [0.5, 0.6) is 0 Å². The molecule has 0 saturated heterocycles. The zero-order valence-corrected chi connectivity index (χ0v) is 17.9. The van der Waals surface area contributed by atoms with Gasteiger partial charge in [0.05, 0.1) is 25.1 Å². The van der Waals surface area contributed by atoms with Gasteiger partial charge in [-0.05, 0) is 30.7 Å². The number of amides is 2. The fraction of sp³-hybridized carbons (Fsp3) is 0.250. The summed E-state index contributed by atoms with van der Waals surface area (Å²) in [6.45, 7) is 0.186. The van der Waals surface area contributed by atoms with Crippen molar-refractivity contribution in [1.82, 2.24) is 30.6 Å². The van der Waals surface area contributed by atoms with Crippen LogP contribution < -0.4 is 33.0 Å². The highest BCUT2D eigenvalue weighted by atomic mass is 16.4. The smallest absolute Gasteiger partial charge is 0.326 e. The molecule has 1 aromatic carbocycles. The molecule has 0 aliphatic heterocycles. The van der Waals surface area contributed by atoms with Crippen LogP contribution in [0.15, 0.2) is 35.3 Å². The topological polar surface area (TPSA) is 231 Å². The minimum absolute atomic E-state index is 0.0476. The average molecular weight is 469 g/mol. The standard InChI is InChI=1S/C20H23N9O5/c21-9-25-14(30)6-5-13(19(33)34)27-17(31)10-1-3-11(4-2-10)23-7-12-8-24-16-15(26-12)18(32)29-20(22)28-16/h1-4,8,13,23H,5-7,9,21H2,(H,25,30)(H,27,31)(H,33,34)(H3,22,24,28,29,32). The van der Waals surface area contributed by atoms with E-state index in [-0.39, 0.29) is 48.7 Å². The molecule has 178 valence electrons. The number of benzene rings is 1. The Bertz CT molecular complexity index is 1260. The summed E-state index contributed by atoms with van der Waals surface area (Å²) in [5.41, 5.74) is 11.8. The minimum Gasteiger partial charge on any atom is -0.480 e. The minimum atomic E-state index is -1.25. The number of aromatic nitrogens is 4. The van der Waals surface area contributed by atoms with Crippen molar-refractivity contribution in [2.45, 2.75) is 25.4 Å². The van der Waals surface area contributed by atoms with Crippen molar-refractivity contribution in [3.05, 3.63) is 52.1 Å². The van der Waals surface area contributed by atoms with E-state index in [2.05, 4.69) is 35.9 Å². The van der Waals surface area contributed by atoms with E-state index in [9.17, 15) is 24.3 Å². The second kappa shape index (κ2) is 10.8. The third-order valence-corrected chi connectivity index (χ3v) is 4.67. The molecule has 9 N–H and O–H groups in total. The summed E-state index contributed by atoms with van der Waals surface area (Å²) in [6.07, 6.45) is 1.29. The van der Waals surface area contributed by atoms with Gasteiger partial charge in [0.1, 0.15) is 6.04 Å². The fourth-order valence-corrected chi connectivity index (χ4v) is 2.96. The van der Waals surface area contributed by atoms with E-state index < -0.39 is 29.4 Å². The third kappa shape index (κ3) is 6.23. The molecule has 1 atom stereocenters. The number of nitrogens with two attached hydrogens (primary N) is 2. The quantitative estimate of drug-likeness (QED) is 0.176. The molecule has 0 aliphatic carbocycles. The van der Waals surface area contributed by atoms with E-state index in [1.807, 2.05) is 0 Å². The molecule has 14 heteroatoms. The Kier molecular flexibility index (Phi) is 7.66. The van der Waals surface area contributed by atoms with Crippen molar-refractivity contribution in [1.29, 1.82) is 0 Å². The van der Waals surface area contributed by atoms with Crippen LogP contribution in [0.1, 0.15) is 28.9 Å². The highest BCUT2D eigenvalue weighted by molar-refractivity contribution is 5.97. The molecule has 3 aromatic rings. The van der Waals surface area contributed by atoms with E-state index >= 15 is 0 Å². The van der Waals surface area contributed by atoms with Crippen molar-refractivity contribution in [2.75, 3.05) is 17.7 Å². The Morgan fingerprint density at radius 2 is 1.88 bits per heavy atom. The highest BCUT2D eigenvalue weighted by Gasteiger charge is 2.21. The Morgan fingerprint density at radius 3 is 2.56 bits per heavy atom. The Hall–Kier alpha value is -4.59. The van der Waals surface area contributed by atoms with Gasteiger partial charge in [-0.25, -0.2) is 14.8 Å². The molecule has 0 saturated carbocycles. The first-order valence-electron chi connectivity index (χ1n) is 10.1. The van der Waals surface area contributed by atoms with Crippen molar-refractivity contribution in [3.8, 4) is 0 Å². The fourth-order valence-electron chi connectivity index (χ4n) is 2.96. The second-order valence-corrected chi connectivity index (χ2v) is 7.12. The first kappa shape index (κ1) is 24.1. The van der Waals surface area contributed by atoms with Gasteiger partial charge >= 0.3 is 5.97 Å². The number of aromatic amines is 1. The second-order valence-electron chi connectivity index (χ2n) is 7.12. The van der Waals surface area contributed by atoms with Crippen LogP contribution in [0.25, 0.3) is 11.2 Å². The number of carbonyl (C=O) groups excluding carboxylic acids is 2. The lowest BCUT2D eigenvalue weighted by Gasteiger charge is -2.14. The van der Waals surface area contributed by atoms with Gasteiger partial charge in [-0.15, -0.1) is 0 Å². The number of hydrogen-bond acceptors (Lipinski definition) is 10. The molecule has 14 nitrogen and oxygen atoms in total. The summed E-state index contributed by atoms with van der Waals surface area (Å²) in [4.78, 5) is 61.8. The largest absolute Gasteiger partial charge is 0.480 e. The maximum absolute atomic E-state index is 12.4. The first-order valence-corrected chi connectivity index (χ1v) is 10.1. The Balaban J connectivity index is 1.59. The number of nitrogens with zero attached hydrogens (tertiary/aromatic N) is 3. The summed E-state index contributed by atoms with van der Waals surface area (Å²) in [5.74, 6) is -2.29. The number of rotatable bonds is 10. The number of H-pyrrole nitrogens is 1. The number of aliphatic carboxylic acids is 1. The van der Waals surface area contributed by atoms with Crippen LogP contribution in [0, 0.1) is 0 Å². The molecule has 2 heterocycles. The van der Waals surface area contributed by atoms with E-state index in [0.29, 0.717) is 11.4 Å². The summed E-state index contributed by atoms with van der Waals surface area (Å²) in [7, 11) is 0. The van der Waals surface area contributed by atoms with Gasteiger partial charge in [0.25, 0.3) is 11.5 Å². The molecule has 0 spiro atoms. The number of fused-ring (bicyclic) bond motifs is 1. The van der Waals surface area contributed by atoms with Crippen molar-refractivity contribution in [2.24, 2.45) is 5.73 Å². The number of carboxylic acids is 1. The van der Waals surface area contributed by atoms with Crippen LogP contribution >= 0.6 is 0 Å². The van der Waals surface area contributed by atoms with Gasteiger partial charge in [0, 0.05) is 17.7 Å². The highest BCUT2D eigenvalue weighted by Crippen LogP contribution is 2.12. The molecule has 34 heavy (non-hydrogen) atoms. The number of anilines is 2. The lowest BCUT2D eigenvalue weighted by Crippen LogP contribution is -2.42. The molecule has 1 unspecified atom stereocenters. The summed E-state index contributed by atoms with van der Waals surface area (Å²) in [6, 6.07) is 5.06. The van der Waals surface area contributed by atoms with Crippen molar-refractivity contribution < 1.29 is 19.5 Å². The normalized spacial score (nSPS) is 11.6. The molecule has 3 rings (SSSR count). The molecule has 2 amide bonds. The van der Waals surface area contributed by atoms with E-state index in [4.69, 9.17) is 11.5 Å². The van der Waals surface area contributed by atoms with Crippen LogP contribution in [0.4, 0.5) is 11.6 Å². The summed E-state index contributed by atoms with van der Waals surface area (Å²) in [5, 5.41) is 17.2. The molecular weight excluding hydrogens is 446 g/mol. The summed E-state index contributed by atoms with van der Waals surface area (Å²) >= 11 is 0. The number of nitrogen functional groups attached to an aromatic ring is 1. The van der Waals surface area contributed by atoms with Gasteiger partial charge in [-0.3, -0.25) is 19.4 Å².